The molecule has 70 valence electrons. The molecule has 2 rings (SSSR count). The largest absolute Gasteiger partial charge is 0.467 e. The van der Waals surface area contributed by atoms with Crippen LogP contribution in [0, 0.1) is 6.92 Å². The molecule has 0 saturated carbocycles. The summed E-state index contributed by atoms with van der Waals surface area (Å²) in [4.78, 5) is 8.33. The Morgan fingerprint density at radius 1 is 1.54 bits per heavy atom. The van der Waals surface area contributed by atoms with Crippen molar-refractivity contribution in [1.82, 2.24) is 15.3 Å². The number of nitrogens with one attached hydrogen (secondary N) is 1. The molecule has 4 heteroatoms. The molecule has 1 N–H and O–H groups in total. The molecule has 1 aliphatic heterocycles. The molecule has 0 unspecified atom stereocenters. The lowest BCUT2D eigenvalue weighted by atomic mass is 9.94. The molecule has 1 aromatic rings. The third-order valence-electron chi connectivity index (χ3n) is 2.40. The Labute approximate surface area is 77.4 Å². The zero-order chi connectivity index (χ0) is 9.26. The van der Waals surface area contributed by atoms with Crippen LogP contribution in [-0.4, -0.2) is 30.2 Å². The summed E-state index contributed by atoms with van der Waals surface area (Å²) >= 11 is 0. The second-order valence-electron chi connectivity index (χ2n) is 3.25. The van der Waals surface area contributed by atoms with Crippen molar-refractivity contribution in [3.05, 3.63) is 17.5 Å². The van der Waals surface area contributed by atoms with Crippen LogP contribution in [0.3, 0.4) is 0 Å². The van der Waals surface area contributed by atoms with Gasteiger partial charge in [-0.1, -0.05) is 0 Å². The van der Waals surface area contributed by atoms with Crippen molar-refractivity contribution in [2.24, 2.45) is 0 Å². The van der Waals surface area contributed by atoms with Gasteiger partial charge in [0.25, 0.3) is 0 Å². The maximum atomic E-state index is 4.94. The van der Waals surface area contributed by atoms with E-state index in [1.54, 1.807) is 7.11 Å². The maximum absolute atomic E-state index is 4.94. The maximum Gasteiger partial charge on any atom is 0.316 e. The van der Waals surface area contributed by atoms with E-state index >= 15 is 0 Å². The highest BCUT2D eigenvalue weighted by atomic mass is 16.5. The summed E-state index contributed by atoms with van der Waals surface area (Å²) in [5, 5.41) is 3.23. The quantitative estimate of drug-likeness (QED) is 0.717. The normalized spacial score (nSPS) is 16.8. The van der Waals surface area contributed by atoms with Crippen LogP contribution >= 0.6 is 0 Å². The van der Waals surface area contributed by atoms with Gasteiger partial charge in [-0.25, -0.2) is 9.97 Å². The second kappa shape index (κ2) is 3.30. The molecule has 0 atom stereocenters. The van der Waals surface area contributed by atoms with E-state index in [-0.39, 0.29) is 0 Å². The van der Waals surface area contributed by atoms with Crippen LogP contribution in [0.25, 0.3) is 0 Å². The first-order valence-corrected chi connectivity index (χ1v) is 4.39. The Morgan fingerprint density at radius 2 is 2.31 bits per heavy atom. The number of nitrogens with zero attached hydrogens (tertiary/aromatic N) is 2. The monoisotopic (exact) mass is 179 g/mol. The lowest BCUT2D eigenvalue weighted by molar-refractivity contribution is 0.375. The standard InChI is InChI=1S/C9H13N3O/c1-6-8(7-3-10-4-7)5-11-9(12-6)13-2/h5,7,10H,3-4H2,1-2H3. The van der Waals surface area contributed by atoms with Crippen LogP contribution in [0.2, 0.25) is 0 Å². The molecule has 1 fully saturated rings. The van der Waals surface area contributed by atoms with E-state index in [2.05, 4.69) is 15.3 Å². The van der Waals surface area contributed by atoms with E-state index in [4.69, 9.17) is 4.74 Å². The van der Waals surface area contributed by atoms with Crippen LogP contribution in [0.1, 0.15) is 17.2 Å². The molecule has 1 saturated heterocycles. The smallest absolute Gasteiger partial charge is 0.316 e. The molecule has 1 aliphatic rings. The molecule has 0 spiro atoms. The van der Waals surface area contributed by atoms with Crippen LogP contribution in [0.5, 0.6) is 6.01 Å². The predicted molar refractivity (Wildman–Crippen MR) is 48.9 cm³/mol. The van der Waals surface area contributed by atoms with Crippen molar-refractivity contribution in [3.63, 3.8) is 0 Å². The van der Waals surface area contributed by atoms with Gasteiger partial charge in [0.05, 0.1) is 7.11 Å². The van der Waals surface area contributed by atoms with Gasteiger partial charge in [-0.3, -0.25) is 0 Å². The van der Waals surface area contributed by atoms with Gasteiger partial charge >= 0.3 is 6.01 Å². The van der Waals surface area contributed by atoms with E-state index in [0.29, 0.717) is 11.9 Å². The van der Waals surface area contributed by atoms with Crippen molar-refractivity contribution in [3.8, 4) is 6.01 Å². The summed E-state index contributed by atoms with van der Waals surface area (Å²) in [6.45, 7) is 4.07. The van der Waals surface area contributed by atoms with Crippen molar-refractivity contribution in [1.29, 1.82) is 0 Å². The SMILES string of the molecule is COc1ncc(C2CNC2)c(C)n1. The number of hydrogen-bond donors (Lipinski definition) is 1. The summed E-state index contributed by atoms with van der Waals surface area (Å²) in [6, 6.07) is 0.452. The number of aromatic nitrogens is 2. The first-order chi connectivity index (χ1) is 6.31. The Bertz CT molecular complexity index is 310. The number of rotatable bonds is 2. The van der Waals surface area contributed by atoms with Gasteiger partial charge < -0.3 is 10.1 Å². The first kappa shape index (κ1) is 8.44. The molecule has 0 bridgehead atoms. The number of ether oxygens (including phenoxy) is 1. The third-order valence-corrected chi connectivity index (χ3v) is 2.40. The zero-order valence-electron chi connectivity index (χ0n) is 7.87. The van der Waals surface area contributed by atoms with Crippen molar-refractivity contribution in [2.75, 3.05) is 20.2 Å². The summed E-state index contributed by atoms with van der Waals surface area (Å²) in [5.74, 6) is 0.589. The molecule has 0 aromatic carbocycles. The summed E-state index contributed by atoms with van der Waals surface area (Å²) in [6.07, 6.45) is 1.87. The molecule has 1 aromatic heterocycles. The molecule has 2 heterocycles. The lowest BCUT2D eigenvalue weighted by Crippen LogP contribution is -2.40. The van der Waals surface area contributed by atoms with Gasteiger partial charge in [-0.05, 0) is 12.5 Å². The number of aryl methyl sites for hydroxylation is 1. The van der Waals surface area contributed by atoms with Gasteiger partial charge in [0.1, 0.15) is 0 Å². The Balaban J connectivity index is 2.26. The molecule has 0 aliphatic carbocycles. The highest BCUT2D eigenvalue weighted by Gasteiger charge is 2.21. The molecule has 4 nitrogen and oxygen atoms in total. The van der Waals surface area contributed by atoms with E-state index in [1.165, 1.54) is 5.56 Å². The fourth-order valence-corrected chi connectivity index (χ4v) is 1.46. The Hall–Kier alpha value is -1.16. The highest BCUT2D eigenvalue weighted by molar-refractivity contribution is 5.25. The van der Waals surface area contributed by atoms with E-state index in [9.17, 15) is 0 Å². The zero-order valence-corrected chi connectivity index (χ0v) is 7.87. The van der Waals surface area contributed by atoms with Gasteiger partial charge in [-0.2, -0.15) is 0 Å². The predicted octanol–water partition coefficient (Wildman–Crippen LogP) is 0.480. The van der Waals surface area contributed by atoms with Gasteiger partial charge in [0.15, 0.2) is 0 Å². The molecule has 13 heavy (non-hydrogen) atoms. The van der Waals surface area contributed by atoms with Crippen LogP contribution in [0.15, 0.2) is 6.20 Å². The van der Waals surface area contributed by atoms with E-state index in [1.807, 2.05) is 13.1 Å². The van der Waals surface area contributed by atoms with Crippen LogP contribution in [0.4, 0.5) is 0 Å². The Kier molecular flexibility index (Phi) is 2.14. The third kappa shape index (κ3) is 1.49. The molecule has 0 radical (unpaired) electrons. The summed E-state index contributed by atoms with van der Waals surface area (Å²) in [7, 11) is 1.58. The summed E-state index contributed by atoms with van der Waals surface area (Å²) < 4.78 is 4.94. The van der Waals surface area contributed by atoms with Gasteiger partial charge in [0.2, 0.25) is 0 Å². The number of hydrogen-bond acceptors (Lipinski definition) is 4. The fraction of sp³-hybridized carbons (Fsp3) is 0.556. The minimum Gasteiger partial charge on any atom is -0.467 e. The second-order valence-corrected chi connectivity index (χ2v) is 3.25. The summed E-state index contributed by atoms with van der Waals surface area (Å²) in [5.41, 5.74) is 2.26. The van der Waals surface area contributed by atoms with Crippen LogP contribution in [-0.2, 0) is 0 Å². The van der Waals surface area contributed by atoms with Gasteiger partial charge in [-0.15, -0.1) is 0 Å². The van der Waals surface area contributed by atoms with Crippen molar-refractivity contribution < 1.29 is 4.74 Å². The number of methoxy groups -OCH3 is 1. The van der Waals surface area contributed by atoms with Crippen molar-refractivity contribution >= 4 is 0 Å². The average molecular weight is 179 g/mol. The van der Waals surface area contributed by atoms with Crippen LogP contribution < -0.4 is 10.1 Å². The van der Waals surface area contributed by atoms with Crippen molar-refractivity contribution in [2.45, 2.75) is 12.8 Å². The highest BCUT2D eigenvalue weighted by Crippen LogP contribution is 2.22. The topological polar surface area (TPSA) is 47.0 Å². The molecular weight excluding hydrogens is 166 g/mol. The Morgan fingerprint density at radius 3 is 2.77 bits per heavy atom. The molecule has 0 amide bonds. The van der Waals surface area contributed by atoms with E-state index in [0.717, 1.165) is 18.8 Å². The first-order valence-electron chi connectivity index (χ1n) is 4.39. The lowest BCUT2D eigenvalue weighted by Gasteiger charge is -2.27. The minimum absolute atomic E-state index is 0.452. The fourth-order valence-electron chi connectivity index (χ4n) is 1.46. The molecular formula is C9H13N3O. The van der Waals surface area contributed by atoms with Gasteiger partial charge in [0, 0.05) is 30.9 Å². The average Bonchev–Trinajstić information content (AvgIpc) is 2.05. The van der Waals surface area contributed by atoms with E-state index < -0.39 is 0 Å². The minimum atomic E-state index is 0.452.